The molecule has 0 radical (unpaired) electrons. The van der Waals surface area contributed by atoms with Crippen molar-refractivity contribution in [3.8, 4) is 11.1 Å². The van der Waals surface area contributed by atoms with Crippen molar-refractivity contribution in [1.29, 1.82) is 0 Å². The Bertz CT molecular complexity index is 2020. The molecule has 4 aromatic rings. The Balaban J connectivity index is 0.977. The van der Waals surface area contributed by atoms with E-state index in [2.05, 4.69) is 43.5 Å². The summed E-state index contributed by atoms with van der Waals surface area (Å²) in [7, 11) is 1.67. The van der Waals surface area contributed by atoms with Crippen LogP contribution in [0.25, 0.3) is 11.1 Å². The average molecular weight is 649 g/mol. The van der Waals surface area contributed by atoms with Crippen LogP contribution < -0.4 is 20.7 Å². The molecule has 2 fully saturated rings. The summed E-state index contributed by atoms with van der Waals surface area (Å²) in [5.74, 6) is 0.890. The van der Waals surface area contributed by atoms with Crippen LogP contribution in [0.3, 0.4) is 0 Å². The zero-order chi connectivity index (χ0) is 32.9. The smallest absolute Gasteiger partial charge is 0.276 e. The first-order valence-corrected chi connectivity index (χ1v) is 16.9. The predicted molar refractivity (Wildman–Crippen MR) is 182 cm³/mol. The molecule has 5 aliphatic rings. The molecule has 2 saturated heterocycles. The molecule has 2 aliphatic carbocycles. The second-order valence-electron chi connectivity index (χ2n) is 14.6. The number of carbonyl (C=O) groups excluding carboxylic acids is 1. The molecule has 1 atom stereocenters. The maximum Gasteiger partial charge on any atom is 0.276 e. The molecule has 0 aromatic carbocycles. The highest BCUT2D eigenvalue weighted by Gasteiger charge is 2.40. The van der Waals surface area contributed by atoms with Gasteiger partial charge in [0.05, 0.1) is 36.8 Å². The van der Waals surface area contributed by atoms with Crippen LogP contribution in [0.4, 0.5) is 23.0 Å². The van der Waals surface area contributed by atoms with Crippen molar-refractivity contribution in [2.24, 2.45) is 12.5 Å². The number of hydrogen-bond donors (Lipinski definition) is 2. The van der Waals surface area contributed by atoms with Crippen LogP contribution in [-0.2, 0) is 31.2 Å². The molecular formula is C36H40N8O4. The van der Waals surface area contributed by atoms with Gasteiger partial charge in [-0.3, -0.25) is 19.4 Å². The second-order valence-corrected chi connectivity index (χ2v) is 14.6. The van der Waals surface area contributed by atoms with E-state index in [1.807, 2.05) is 30.5 Å². The summed E-state index contributed by atoms with van der Waals surface area (Å²) >= 11 is 0. The number of rotatable bonds is 5. The van der Waals surface area contributed by atoms with Crippen LogP contribution in [0.2, 0.25) is 0 Å². The van der Waals surface area contributed by atoms with Crippen LogP contribution in [0.5, 0.6) is 0 Å². The molecule has 4 aromatic heterocycles. The summed E-state index contributed by atoms with van der Waals surface area (Å²) in [6.45, 7) is 11.2. The van der Waals surface area contributed by atoms with E-state index < -0.39 is 6.10 Å². The van der Waals surface area contributed by atoms with E-state index in [1.165, 1.54) is 15.8 Å². The molecule has 12 heteroatoms. The molecule has 248 valence electrons. The van der Waals surface area contributed by atoms with Gasteiger partial charge in [0.15, 0.2) is 0 Å². The molecule has 3 aliphatic heterocycles. The largest absolute Gasteiger partial charge is 0.382 e. The van der Waals surface area contributed by atoms with Crippen LogP contribution in [0, 0.1) is 5.41 Å². The van der Waals surface area contributed by atoms with Gasteiger partial charge in [0.25, 0.3) is 11.5 Å². The third kappa shape index (κ3) is 4.53. The first-order chi connectivity index (χ1) is 23.2. The van der Waals surface area contributed by atoms with Crippen molar-refractivity contribution >= 4 is 28.9 Å². The van der Waals surface area contributed by atoms with E-state index in [0.29, 0.717) is 53.4 Å². The molecule has 2 N–H and O–H groups in total. The van der Waals surface area contributed by atoms with E-state index in [9.17, 15) is 14.7 Å². The van der Waals surface area contributed by atoms with Crippen molar-refractivity contribution in [1.82, 2.24) is 24.0 Å². The van der Waals surface area contributed by atoms with Crippen molar-refractivity contribution < 1.29 is 14.6 Å². The fourth-order valence-electron chi connectivity index (χ4n) is 8.38. The minimum atomic E-state index is -1.10. The number of aromatic nitrogens is 4. The highest BCUT2D eigenvalue weighted by atomic mass is 16.5. The molecular weight excluding hydrogens is 608 g/mol. The summed E-state index contributed by atoms with van der Waals surface area (Å²) in [6, 6.07) is 10.2. The maximum atomic E-state index is 13.9. The molecule has 12 nitrogen and oxygen atoms in total. The summed E-state index contributed by atoms with van der Waals surface area (Å²) in [5.41, 5.74) is 7.05. The number of nitrogens with one attached hydrogen (secondary N) is 1. The van der Waals surface area contributed by atoms with E-state index in [1.54, 1.807) is 24.2 Å². The minimum Gasteiger partial charge on any atom is -0.382 e. The lowest BCUT2D eigenvalue weighted by Crippen LogP contribution is -2.56. The first-order valence-electron chi connectivity index (χ1n) is 16.9. The van der Waals surface area contributed by atoms with Gasteiger partial charge in [0, 0.05) is 69.3 Å². The standard InChI is InChI=1S/C36H40N8O4/c1-36(2)16-21-14-27-35(47)44(13-12-43(27)28(21)17-36)33-30-24(6-7-37-33)25-15-26(34(46)40(3)31(25)32(30)45)39-29-5-4-22(18-38-29)41-8-10-42(11-9-41)23-19-48-20-23/h4-7,14-15,18,23,32,45H,8-13,16-17,19-20H2,1-3H3,(H,38,39). The van der Waals surface area contributed by atoms with Gasteiger partial charge in [0.1, 0.15) is 29.1 Å². The van der Waals surface area contributed by atoms with Crippen LogP contribution in [-0.4, -0.2) is 87.0 Å². The van der Waals surface area contributed by atoms with Gasteiger partial charge < -0.3 is 29.2 Å². The number of aliphatic hydroxyl groups excluding tert-OH is 1. The zero-order valence-electron chi connectivity index (χ0n) is 27.6. The van der Waals surface area contributed by atoms with Gasteiger partial charge in [-0.1, -0.05) is 13.8 Å². The summed E-state index contributed by atoms with van der Waals surface area (Å²) < 4.78 is 9.02. The Morgan fingerprint density at radius 1 is 0.958 bits per heavy atom. The van der Waals surface area contributed by atoms with Crippen LogP contribution in [0.15, 0.2) is 47.5 Å². The van der Waals surface area contributed by atoms with Crippen molar-refractivity contribution in [2.45, 2.75) is 45.4 Å². The third-order valence-electron chi connectivity index (χ3n) is 11.0. The lowest BCUT2D eigenvalue weighted by atomic mass is 9.90. The molecule has 0 spiro atoms. The number of aliphatic hydroxyl groups is 1. The van der Waals surface area contributed by atoms with E-state index in [-0.39, 0.29) is 16.9 Å². The number of hydrogen-bond acceptors (Lipinski definition) is 9. The van der Waals surface area contributed by atoms with Crippen LogP contribution >= 0.6 is 0 Å². The summed E-state index contributed by atoms with van der Waals surface area (Å²) in [6.07, 6.45) is 4.34. The third-order valence-corrected chi connectivity index (χ3v) is 11.0. The summed E-state index contributed by atoms with van der Waals surface area (Å²) in [5, 5.41) is 14.9. The number of piperazine rings is 1. The molecule has 1 amide bonds. The number of fused-ring (bicyclic) bond motifs is 6. The highest BCUT2D eigenvalue weighted by molar-refractivity contribution is 6.07. The Hall–Kier alpha value is -4.52. The van der Waals surface area contributed by atoms with Crippen molar-refractivity contribution in [2.75, 3.05) is 61.1 Å². The Morgan fingerprint density at radius 2 is 1.77 bits per heavy atom. The number of anilines is 4. The maximum absolute atomic E-state index is 13.9. The Kier molecular flexibility index (Phi) is 6.63. The van der Waals surface area contributed by atoms with Gasteiger partial charge in [0.2, 0.25) is 0 Å². The van der Waals surface area contributed by atoms with E-state index >= 15 is 0 Å². The normalized spacial score (nSPS) is 21.5. The average Bonchev–Trinajstić information content (AvgIpc) is 3.65. The van der Waals surface area contributed by atoms with Gasteiger partial charge in [-0.25, -0.2) is 9.97 Å². The van der Waals surface area contributed by atoms with Gasteiger partial charge in [-0.05, 0) is 59.7 Å². The number of nitrogens with zero attached hydrogens (tertiary/aromatic N) is 7. The highest BCUT2D eigenvalue weighted by Crippen LogP contribution is 2.48. The SMILES string of the molecule is Cn1c2c(cc(Nc3ccc(N4CCN(C5COC5)CC4)cn3)c1=O)-c1ccnc(N3CCn4c(cc5c4CC(C)(C)C5)C3=O)c1C2O. The Morgan fingerprint density at radius 3 is 2.50 bits per heavy atom. The van der Waals surface area contributed by atoms with Crippen molar-refractivity contribution in [3.05, 3.63) is 81.3 Å². The Labute approximate surface area is 278 Å². The van der Waals surface area contributed by atoms with Gasteiger partial charge in [-0.15, -0.1) is 0 Å². The van der Waals surface area contributed by atoms with Gasteiger partial charge in [-0.2, -0.15) is 0 Å². The second kappa shape index (κ2) is 10.7. The molecule has 9 rings (SSSR count). The first kappa shape index (κ1) is 29.6. The van der Waals surface area contributed by atoms with E-state index in [4.69, 9.17) is 4.74 Å². The number of ether oxygens (including phenoxy) is 1. The molecule has 0 bridgehead atoms. The minimum absolute atomic E-state index is 0.113. The fourth-order valence-corrected chi connectivity index (χ4v) is 8.38. The molecule has 0 saturated carbocycles. The van der Waals surface area contributed by atoms with Crippen molar-refractivity contribution in [3.63, 3.8) is 0 Å². The fraction of sp³-hybridized carbons (Fsp3) is 0.444. The molecule has 1 unspecified atom stereocenters. The number of carbonyl (C=O) groups is 1. The topological polar surface area (TPSA) is 121 Å². The summed E-state index contributed by atoms with van der Waals surface area (Å²) in [4.78, 5) is 43.3. The van der Waals surface area contributed by atoms with Gasteiger partial charge >= 0.3 is 0 Å². The predicted octanol–water partition coefficient (Wildman–Crippen LogP) is 3.09. The lowest BCUT2D eigenvalue weighted by molar-refractivity contribution is -0.0660. The number of pyridine rings is 3. The molecule has 48 heavy (non-hydrogen) atoms. The quantitative estimate of drug-likeness (QED) is 0.337. The lowest BCUT2D eigenvalue weighted by Gasteiger charge is -2.43. The van der Waals surface area contributed by atoms with Crippen LogP contribution in [0.1, 0.15) is 53.0 Å². The monoisotopic (exact) mass is 648 g/mol. The van der Waals surface area contributed by atoms with E-state index in [0.717, 1.165) is 69.0 Å². The molecule has 7 heterocycles. The zero-order valence-corrected chi connectivity index (χ0v) is 27.6. The number of amides is 1.